The quantitative estimate of drug-likeness (QED) is 0.167. The lowest BCUT2D eigenvalue weighted by Crippen LogP contribution is -2.17. The molecule has 2 aromatic heterocycles. The molecule has 0 radical (unpaired) electrons. The molecule has 0 aliphatic heterocycles. The van der Waals surface area contributed by atoms with E-state index in [-0.39, 0.29) is 16.7 Å². The molecule has 0 fully saturated rings. The molecule has 13 rings (SSSR count). The third-order valence-corrected chi connectivity index (χ3v) is 15.4. The van der Waals surface area contributed by atoms with E-state index in [2.05, 4.69) is 217 Å². The summed E-state index contributed by atoms with van der Waals surface area (Å²) in [6.45, 7) is 14.0. The van der Waals surface area contributed by atoms with Crippen molar-refractivity contribution in [3.8, 4) is 44.5 Å². The Bertz CT molecular complexity index is 3780. The fraction of sp³-hybridized carbons (Fsp3) is 0.156. The molecule has 0 N–H and O–H groups in total. The number of aryl methyl sites for hydroxylation is 2. The van der Waals surface area contributed by atoms with Crippen molar-refractivity contribution >= 4 is 43.9 Å². The SMILES string of the molecule is Cc1ccc(-c2cc3c(c4c2oc2ccccc24)-c2ccc(C(Cc4ccc5c(c4)C(C)(C)c4cc(-c6ccccc6)c6oc7ccccc7c6c4-5)c4ccc(C)cc4)cc2C3(C)C)cc1. The van der Waals surface area contributed by atoms with Crippen LogP contribution in [0.1, 0.15) is 83.7 Å². The van der Waals surface area contributed by atoms with Gasteiger partial charge in [-0.25, -0.2) is 0 Å². The molecule has 1 atom stereocenters. The van der Waals surface area contributed by atoms with Crippen LogP contribution in [0, 0.1) is 13.8 Å². The van der Waals surface area contributed by atoms with Crippen molar-refractivity contribution in [1.82, 2.24) is 0 Å². The van der Waals surface area contributed by atoms with Crippen LogP contribution in [-0.4, -0.2) is 0 Å². The van der Waals surface area contributed by atoms with Crippen molar-refractivity contribution in [1.29, 1.82) is 0 Å². The predicted molar refractivity (Wildman–Crippen MR) is 275 cm³/mol. The van der Waals surface area contributed by atoms with E-state index in [0.717, 1.165) is 39.9 Å². The van der Waals surface area contributed by atoms with Crippen molar-refractivity contribution in [3.63, 3.8) is 0 Å². The average molecular weight is 851 g/mol. The first-order chi connectivity index (χ1) is 32.0. The van der Waals surface area contributed by atoms with E-state index < -0.39 is 0 Å². The van der Waals surface area contributed by atoms with E-state index in [1.165, 1.54) is 105 Å². The highest BCUT2D eigenvalue weighted by molar-refractivity contribution is 6.20. The van der Waals surface area contributed by atoms with Gasteiger partial charge in [-0.3, -0.25) is 0 Å². The number of hydrogen-bond acceptors (Lipinski definition) is 2. The molecule has 0 saturated heterocycles. The van der Waals surface area contributed by atoms with Crippen molar-refractivity contribution < 1.29 is 8.83 Å². The van der Waals surface area contributed by atoms with Crippen LogP contribution in [0.4, 0.5) is 0 Å². The van der Waals surface area contributed by atoms with Crippen LogP contribution in [0.25, 0.3) is 88.4 Å². The standard InChI is InChI=1S/C64H50O2/c1-37-20-25-41(26-21-37)48(32-39-24-30-44-51(33-39)63(3,4)53-35-49(40-14-8-7-9-15-40)61-59(57(44)53)46-16-10-12-18-55(46)65-61)43-29-31-45-52(34-43)64(5,6)54-36-50(42-27-22-38(2)23-28-42)62-60(58(45)54)47-17-11-13-19-56(47)66-62/h7-31,33-36,48H,32H2,1-6H3. The Balaban J connectivity index is 0.953. The summed E-state index contributed by atoms with van der Waals surface area (Å²) in [4.78, 5) is 0. The lowest BCUT2D eigenvalue weighted by atomic mass is 9.78. The number of benzene rings is 9. The summed E-state index contributed by atoms with van der Waals surface area (Å²) in [6, 6.07) is 65.5. The first-order valence-electron chi connectivity index (χ1n) is 23.5. The van der Waals surface area contributed by atoms with Gasteiger partial charge in [-0.15, -0.1) is 0 Å². The van der Waals surface area contributed by atoms with Gasteiger partial charge in [-0.1, -0.05) is 190 Å². The van der Waals surface area contributed by atoms with Crippen LogP contribution in [0.15, 0.2) is 185 Å². The number of rotatable bonds is 6. The smallest absolute Gasteiger partial charge is 0.143 e. The molecule has 2 aliphatic rings. The maximum atomic E-state index is 6.80. The van der Waals surface area contributed by atoms with E-state index in [1.807, 2.05) is 0 Å². The predicted octanol–water partition coefficient (Wildman–Crippen LogP) is 17.4. The summed E-state index contributed by atoms with van der Waals surface area (Å²) < 4.78 is 13.6. The number of fused-ring (bicyclic) bond motifs is 14. The van der Waals surface area contributed by atoms with Gasteiger partial charge in [0.05, 0.1) is 0 Å². The molecule has 0 bridgehead atoms. The Morgan fingerprint density at radius 2 is 0.879 bits per heavy atom. The molecule has 0 amide bonds. The maximum absolute atomic E-state index is 6.80. The van der Waals surface area contributed by atoms with Gasteiger partial charge in [0.15, 0.2) is 0 Å². The van der Waals surface area contributed by atoms with Crippen LogP contribution >= 0.6 is 0 Å². The highest BCUT2D eigenvalue weighted by atomic mass is 16.3. The molecule has 9 aromatic carbocycles. The summed E-state index contributed by atoms with van der Waals surface area (Å²) in [5.41, 5.74) is 25.2. The minimum atomic E-state index is -0.241. The van der Waals surface area contributed by atoms with Gasteiger partial charge in [0.2, 0.25) is 0 Å². The zero-order chi connectivity index (χ0) is 44.6. The Kier molecular flexibility index (Phi) is 8.29. The Morgan fingerprint density at radius 3 is 1.45 bits per heavy atom. The normalized spacial score (nSPS) is 14.8. The second-order valence-corrected chi connectivity index (χ2v) is 20.1. The summed E-state index contributed by atoms with van der Waals surface area (Å²) in [5.74, 6) is 0.146. The van der Waals surface area contributed by atoms with Gasteiger partial charge in [0, 0.05) is 49.4 Å². The minimum absolute atomic E-state index is 0.146. The highest BCUT2D eigenvalue weighted by Gasteiger charge is 2.41. The molecule has 2 heteroatoms. The molecule has 2 nitrogen and oxygen atoms in total. The summed E-state index contributed by atoms with van der Waals surface area (Å²) >= 11 is 0. The maximum Gasteiger partial charge on any atom is 0.143 e. The van der Waals surface area contributed by atoms with Gasteiger partial charge in [0.25, 0.3) is 0 Å². The molecular weight excluding hydrogens is 801 g/mol. The lowest BCUT2D eigenvalue weighted by Gasteiger charge is -2.26. The molecular formula is C64H50O2. The van der Waals surface area contributed by atoms with Crippen LogP contribution < -0.4 is 0 Å². The second-order valence-electron chi connectivity index (χ2n) is 20.1. The van der Waals surface area contributed by atoms with Crippen LogP contribution in [0.3, 0.4) is 0 Å². The lowest BCUT2D eigenvalue weighted by molar-refractivity contribution is 0.653. The Labute approximate surface area is 386 Å². The van der Waals surface area contributed by atoms with E-state index >= 15 is 0 Å². The largest absolute Gasteiger partial charge is 0.455 e. The van der Waals surface area contributed by atoms with Crippen molar-refractivity contribution in [2.75, 3.05) is 0 Å². The second kappa shape index (κ2) is 14.0. The van der Waals surface area contributed by atoms with Crippen LogP contribution in [-0.2, 0) is 17.3 Å². The number of furan rings is 2. The van der Waals surface area contributed by atoms with Gasteiger partial charge < -0.3 is 8.83 Å². The molecule has 66 heavy (non-hydrogen) atoms. The molecule has 1 unspecified atom stereocenters. The van der Waals surface area contributed by atoms with Crippen LogP contribution in [0.2, 0.25) is 0 Å². The third kappa shape index (κ3) is 5.61. The summed E-state index contributed by atoms with van der Waals surface area (Å²) in [7, 11) is 0. The third-order valence-electron chi connectivity index (χ3n) is 15.4. The number of para-hydroxylation sites is 2. The van der Waals surface area contributed by atoms with Gasteiger partial charge in [-0.05, 0) is 117 Å². The van der Waals surface area contributed by atoms with Crippen molar-refractivity contribution in [2.45, 2.75) is 64.7 Å². The zero-order valence-corrected chi connectivity index (χ0v) is 38.3. The Hall–Kier alpha value is -7.42. The van der Waals surface area contributed by atoms with Gasteiger partial charge >= 0.3 is 0 Å². The van der Waals surface area contributed by atoms with E-state index in [0.29, 0.717) is 0 Å². The first-order valence-corrected chi connectivity index (χ1v) is 23.5. The molecule has 0 spiro atoms. The average Bonchev–Trinajstić information content (AvgIpc) is 4.04. The highest BCUT2D eigenvalue weighted by Crippen LogP contribution is 2.57. The number of hydrogen-bond donors (Lipinski definition) is 0. The molecule has 11 aromatic rings. The van der Waals surface area contributed by atoms with Crippen molar-refractivity contribution in [3.05, 3.63) is 226 Å². The molecule has 318 valence electrons. The summed E-state index contributed by atoms with van der Waals surface area (Å²) in [5, 5.41) is 4.77. The van der Waals surface area contributed by atoms with Crippen molar-refractivity contribution in [2.24, 2.45) is 0 Å². The fourth-order valence-electron chi connectivity index (χ4n) is 11.8. The fourth-order valence-corrected chi connectivity index (χ4v) is 11.8. The van der Waals surface area contributed by atoms with Crippen LogP contribution in [0.5, 0.6) is 0 Å². The summed E-state index contributed by atoms with van der Waals surface area (Å²) in [6.07, 6.45) is 0.877. The van der Waals surface area contributed by atoms with Gasteiger partial charge in [-0.2, -0.15) is 0 Å². The van der Waals surface area contributed by atoms with E-state index in [9.17, 15) is 0 Å². The monoisotopic (exact) mass is 850 g/mol. The topological polar surface area (TPSA) is 26.3 Å². The van der Waals surface area contributed by atoms with E-state index in [1.54, 1.807) is 0 Å². The molecule has 2 heterocycles. The molecule has 0 saturated carbocycles. The first kappa shape index (κ1) is 39.0. The Morgan fingerprint density at radius 1 is 0.409 bits per heavy atom. The zero-order valence-electron chi connectivity index (χ0n) is 38.3. The van der Waals surface area contributed by atoms with E-state index in [4.69, 9.17) is 8.83 Å². The van der Waals surface area contributed by atoms with Gasteiger partial charge in [0.1, 0.15) is 22.3 Å². The molecule has 2 aliphatic carbocycles. The minimum Gasteiger partial charge on any atom is -0.455 e.